The van der Waals surface area contributed by atoms with E-state index in [4.69, 9.17) is 9.47 Å². The smallest absolute Gasteiger partial charge is 0.411 e. The number of hydrogen-bond acceptors (Lipinski definition) is 4. The van der Waals surface area contributed by atoms with E-state index >= 15 is 0 Å². The molecule has 0 aliphatic heterocycles. The maximum absolute atomic E-state index is 13.2. The minimum Gasteiger partial charge on any atom is -0.447 e. The van der Waals surface area contributed by atoms with Crippen LogP contribution in [0.25, 0.3) is 0 Å². The molecule has 0 bridgehead atoms. The van der Waals surface area contributed by atoms with Crippen molar-refractivity contribution < 1.29 is 23.5 Å². The fourth-order valence-electron chi connectivity index (χ4n) is 1.88. The molecule has 2 aromatic rings. The summed E-state index contributed by atoms with van der Waals surface area (Å²) in [6.45, 7) is 0.440. The van der Waals surface area contributed by atoms with Crippen LogP contribution < -0.4 is 10.6 Å². The molecule has 0 aromatic heterocycles. The highest BCUT2D eigenvalue weighted by molar-refractivity contribution is 6.04. The number of anilines is 2. The Morgan fingerprint density at radius 2 is 1.71 bits per heavy atom. The van der Waals surface area contributed by atoms with E-state index in [2.05, 4.69) is 10.6 Å². The summed E-state index contributed by atoms with van der Waals surface area (Å²) < 4.78 is 22.8. The molecule has 0 saturated carbocycles. The number of benzene rings is 2. The van der Waals surface area contributed by atoms with Gasteiger partial charge in [-0.2, -0.15) is 0 Å². The molecule has 2 amide bonds. The van der Waals surface area contributed by atoms with Crippen molar-refractivity contribution in [3.05, 3.63) is 59.9 Å². The molecule has 0 saturated heterocycles. The summed E-state index contributed by atoms with van der Waals surface area (Å²) in [6.07, 6.45) is -0.624. The molecule has 0 aliphatic carbocycles. The Morgan fingerprint density at radius 3 is 2.42 bits per heavy atom. The van der Waals surface area contributed by atoms with Gasteiger partial charge in [0.15, 0.2) is 0 Å². The largest absolute Gasteiger partial charge is 0.447 e. The molecule has 0 atom stereocenters. The van der Waals surface area contributed by atoms with Crippen molar-refractivity contribution in [2.45, 2.75) is 0 Å². The molecule has 0 aliphatic rings. The Bertz CT molecular complexity index is 721. The third-order valence-electron chi connectivity index (χ3n) is 2.97. The Labute approximate surface area is 138 Å². The summed E-state index contributed by atoms with van der Waals surface area (Å²) in [5.74, 6) is -0.939. The lowest BCUT2D eigenvalue weighted by atomic mass is 10.2. The first-order valence-electron chi connectivity index (χ1n) is 7.18. The molecule has 24 heavy (non-hydrogen) atoms. The highest BCUT2D eigenvalue weighted by atomic mass is 19.1. The number of methoxy groups -OCH3 is 1. The molecule has 6 nitrogen and oxygen atoms in total. The first-order chi connectivity index (χ1) is 11.6. The first kappa shape index (κ1) is 17.4. The molecule has 2 rings (SSSR count). The fourth-order valence-corrected chi connectivity index (χ4v) is 1.88. The third kappa shape index (κ3) is 5.36. The van der Waals surface area contributed by atoms with Gasteiger partial charge in [0.25, 0.3) is 5.91 Å². The van der Waals surface area contributed by atoms with Crippen LogP contribution in [0.1, 0.15) is 10.4 Å². The van der Waals surface area contributed by atoms with Crippen LogP contribution in [0.15, 0.2) is 48.5 Å². The van der Waals surface area contributed by atoms with Crippen LogP contribution in [0.3, 0.4) is 0 Å². The van der Waals surface area contributed by atoms with Gasteiger partial charge in [-0.3, -0.25) is 10.1 Å². The monoisotopic (exact) mass is 332 g/mol. The van der Waals surface area contributed by atoms with Crippen molar-refractivity contribution in [1.82, 2.24) is 0 Å². The van der Waals surface area contributed by atoms with Crippen LogP contribution in [-0.2, 0) is 9.47 Å². The van der Waals surface area contributed by atoms with E-state index in [1.807, 2.05) is 0 Å². The Morgan fingerprint density at radius 1 is 1.00 bits per heavy atom. The van der Waals surface area contributed by atoms with Crippen LogP contribution in [0.2, 0.25) is 0 Å². The average molecular weight is 332 g/mol. The molecule has 2 N–H and O–H groups in total. The highest BCUT2D eigenvalue weighted by Crippen LogP contribution is 2.16. The second-order valence-electron chi connectivity index (χ2n) is 4.80. The van der Waals surface area contributed by atoms with Gasteiger partial charge in [0.2, 0.25) is 0 Å². The van der Waals surface area contributed by atoms with E-state index in [1.54, 1.807) is 24.3 Å². The average Bonchev–Trinajstić information content (AvgIpc) is 2.55. The van der Waals surface area contributed by atoms with Crippen molar-refractivity contribution in [3.63, 3.8) is 0 Å². The zero-order valence-corrected chi connectivity index (χ0v) is 13.0. The summed E-state index contributed by atoms with van der Waals surface area (Å²) in [7, 11) is 1.51. The zero-order chi connectivity index (χ0) is 17.4. The molecule has 0 fully saturated rings. The van der Waals surface area contributed by atoms with E-state index in [0.29, 0.717) is 18.0 Å². The van der Waals surface area contributed by atoms with Gasteiger partial charge < -0.3 is 14.8 Å². The van der Waals surface area contributed by atoms with Crippen LogP contribution in [0.5, 0.6) is 0 Å². The molecular formula is C17H17FN2O4. The molecular weight excluding hydrogens is 315 g/mol. The number of carbonyl (C=O) groups excluding carboxylic acids is 2. The molecule has 7 heteroatoms. The predicted molar refractivity (Wildman–Crippen MR) is 87.6 cm³/mol. The maximum atomic E-state index is 13.2. The van der Waals surface area contributed by atoms with E-state index in [0.717, 1.165) is 6.07 Å². The number of ether oxygens (including phenoxy) is 2. The molecule has 2 aromatic carbocycles. The van der Waals surface area contributed by atoms with Crippen molar-refractivity contribution >= 4 is 23.4 Å². The highest BCUT2D eigenvalue weighted by Gasteiger charge is 2.08. The Balaban J connectivity index is 1.97. The van der Waals surface area contributed by atoms with Crippen molar-refractivity contribution in [2.24, 2.45) is 0 Å². The summed E-state index contributed by atoms with van der Waals surface area (Å²) in [5, 5.41) is 5.17. The second-order valence-corrected chi connectivity index (χ2v) is 4.80. The Hall–Kier alpha value is -2.93. The molecule has 0 heterocycles. The van der Waals surface area contributed by atoms with Crippen LogP contribution in [0, 0.1) is 5.82 Å². The van der Waals surface area contributed by atoms with Crippen LogP contribution >= 0.6 is 0 Å². The number of amides is 2. The third-order valence-corrected chi connectivity index (χ3v) is 2.97. The van der Waals surface area contributed by atoms with Gasteiger partial charge in [-0.15, -0.1) is 0 Å². The van der Waals surface area contributed by atoms with E-state index < -0.39 is 17.8 Å². The molecule has 126 valence electrons. The quantitative estimate of drug-likeness (QED) is 0.796. The lowest BCUT2D eigenvalue weighted by Gasteiger charge is -2.09. The van der Waals surface area contributed by atoms with Gasteiger partial charge >= 0.3 is 6.09 Å². The Kier molecular flexibility index (Phi) is 6.27. The second kappa shape index (κ2) is 8.64. The van der Waals surface area contributed by atoms with Gasteiger partial charge in [-0.1, -0.05) is 12.1 Å². The predicted octanol–water partition coefficient (Wildman–Crippen LogP) is 3.27. The SMILES string of the molecule is COCCOC(=O)Nc1cccc(NC(=O)c2cccc(F)c2)c1. The zero-order valence-electron chi connectivity index (χ0n) is 13.0. The summed E-state index contributed by atoms with van der Waals surface area (Å²) in [4.78, 5) is 23.6. The minimum absolute atomic E-state index is 0.137. The molecule has 0 unspecified atom stereocenters. The summed E-state index contributed by atoms with van der Waals surface area (Å²) in [6, 6.07) is 11.9. The van der Waals surface area contributed by atoms with Gasteiger partial charge in [0.1, 0.15) is 12.4 Å². The van der Waals surface area contributed by atoms with Crippen LogP contribution in [0.4, 0.5) is 20.6 Å². The standard InChI is InChI=1S/C17H17FN2O4/c1-23-8-9-24-17(22)20-15-7-3-6-14(11-15)19-16(21)12-4-2-5-13(18)10-12/h2-7,10-11H,8-9H2,1H3,(H,19,21)(H,20,22). The number of carbonyl (C=O) groups is 2. The van der Waals surface area contributed by atoms with Crippen molar-refractivity contribution in [2.75, 3.05) is 31.0 Å². The van der Waals surface area contributed by atoms with E-state index in [9.17, 15) is 14.0 Å². The topological polar surface area (TPSA) is 76.7 Å². The lowest BCUT2D eigenvalue weighted by molar-refractivity contribution is 0.102. The van der Waals surface area contributed by atoms with Gasteiger partial charge in [-0.05, 0) is 36.4 Å². The minimum atomic E-state index is -0.624. The number of halogens is 1. The number of rotatable bonds is 6. The van der Waals surface area contributed by atoms with Gasteiger partial charge in [-0.25, -0.2) is 9.18 Å². The summed E-state index contributed by atoms with van der Waals surface area (Å²) in [5.41, 5.74) is 1.11. The van der Waals surface area contributed by atoms with Gasteiger partial charge in [0, 0.05) is 24.0 Å². The summed E-state index contributed by atoms with van der Waals surface area (Å²) >= 11 is 0. The molecule has 0 spiro atoms. The van der Waals surface area contributed by atoms with Gasteiger partial charge in [0.05, 0.1) is 6.61 Å². The first-order valence-corrected chi connectivity index (χ1v) is 7.18. The normalized spacial score (nSPS) is 10.1. The van der Waals surface area contributed by atoms with Crippen molar-refractivity contribution in [3.8, 4) is 0 Å². The van der Waals surface area contributed by atoms with E-state index in [-0.39, 0.29) is 12.2 Å². The number of nitrogens with one attached hydrogen (secondary N) is 2. The van der Waals surface area contributed by atoms with E-state index in [1.165, 1.54) is 25.3 Å². The maximum Gasteiger partial charge on any atom is 0.411 e. The van der Waals surface area contributed by atoms with Crippen LogP contribution in [-0.4, -0.2) is 32.3 Å². The van der Waals surface area contributed by atoms with Crippen molar-refractivity contribution in [1.29, 1.82) is 0 Å². The lowest BCUT2D eigenvalue weighted by Crippen LogP contribution is -2.17. The number of hydrogen-bond donors (Lipinski definition) is 2. The molecule has 0 radical (unpaired) electrons. The fraction of sp³-hybridized carbons (Fsp3) is 0.176.